The molecule has 0 aliphatic carbocycles. The van der Waals surface area contributed by atoms with Gasteiger partial charge < -0.3 is 10.4 Å². The summed E-state index contributed by atoms with van der Waals surface area (Å²) in [5, 5.41) is 11.7. The van der Waals surface area contributed by atoms with Crippen LogP contribution in [0, 0.1) is 17.8 Å². The quantitative estimate of drug-likeness (QED) is 0.795. The molecule has 19 heavy (non-hydrogen) atoms. The summed E-state index contributed by atoms with van der Waals surface area (Å²) in [5.74, 6) is 5.64. The van der Waals surface area contributed by atoms with Crippen LogP contribution in [-0.2, 0) is 11.3 Å². The van der Waals surface area contributed by atoms with Crippen molar-refractivity contribution < 1.29 is 9.90 Å². The van der Waals surface area contributed by atoms with E-state index in [-0.39, 0.29) is 18.4 Å². The summed E-state index contributed by atoms with van der Waals surface area (Å²) in [6.45, 7) is 4.33. The van der Waals surface area contributed by atoms with Gasteiger partial charge in [0, 0.05) is 18.0 Å². The highest BCUT2D eigenvalue weighted by atomic mass is 16.2. The molecule has 3 heteroatoms. The van der Waals surface area contributed by atoms with E-state index in [4.69, 9.17) is 5.11 Å². The van der Waals surface area contributed by atoms with Crippen LogP contribution < -0.4 is 5.32 Å². The first-order chi connectivity index (χ1) is 9.19. The summed E-state index contributed by atoms with van der Waals surface area (Å²) >= 11 is 0. The molecule has 0 bridgehead atoms. The molecule has 1 aromatic carbocycles. The Morgan fingerprint density at radius 3 is 2.84 bits per heavy atom. The number of benzene rings is 1. The average Bonchev–Trinajstić information content (AvgIpc) is 2.43. The van der Waals surface area contributed by atoms with Crippen LogP contribution in [0.25, 0.3) is 0 Å². The van der Waals surface area contributed by atoms with Crippen LogP contribution in [0.15, 0.2) is 24.3 Å². The number of aliphatic hydroxyl groups excluding tert-OH is 1. The molecule has 0 aromatic heterocycles. The summed E-state index contributed by atoms with van der Waals surface area (Å²) in [6.07, 6.45) is 1.91. The van der Waals surface area contributed by atoms with Crippen molar-refractivity contribution >= 4 is 5.91 Å². The molecule has 0 spiro atoms. The molecule has 0 fully saturated rings. The fraction of sp³-hybridized carbons (Fsp3) is 0.438. The normalized spacial score (nSPS) is 11.3. The average molecular weight is 259 g/mol. The topological polar surface area (TPSA) is 49.3 Å². The minimum Gasteiger partial charge on any atom is -0.384 e. The van der Waals surface area contributed by atoms with Gasteiger partial charge in [-0.1, -0.05) is 50.3 Å². The van der Waals surface area contributed by atoms with E-state index in [1.165, 1.54) is 0 Å². The van der Waals surface area contributed by atoms with Crippen LogP contribution >= 0.6 is 0 Å². The third kappa shape index (κ3) is 5.15. The minimum atomic E-state index is -0.159. The van der Waals surface area contributed by atoms with Crippen molar-refractivity contribution in [2.45, 2.75) is 33.2 Å². The van der Waals surface area contributed by atoms with Crippen molar-refractivity contribution in [3.8, 4) is 11.8 Å². The molecule has 3 nitrogen and oxygen atoms in total. The molecule has 1 amide bonds. The summed E-state index contributed by atoms with van der Waals surface area (Å²) in [4.78, 5) is 11.8. The van der Waals surface area contributed by atoms with E-state index in [0.717, 1.165) is 24.0 Å². The molecule has 1 unspecified atom stereocenters. The van der Waals surface area contributed by atoms with Crippen LogP contribution in [0.2, 0.25) is 0 Å². The Labute approximate surface area is 115 Å². The summed E-state index contributed by atoms with van der Waals surface area (Å²) < 4.78 is 0. The Morgan fingerprint density at radius 2 is 2.16 bits per heavy atom. The van der Waals surface area contributed by atoms with E-state index in [0.29, 0.717) is 6.54 Å². The van der Waals surface area contributed by atoms with Gasteiger partial charge in [0.15, 0.2) is 0 Å². The maximum absolute atomic E-state index is 11.8. The zero-order valence-electron chi connectivity index (χ0n) is 11.6. The van der Waals surface area contributed by atoms with Crippen LogP contribution in [-0.4, -0.2) is 17.6 Å². The lowest BCUT2D eigenvalue weighted by atomic mass is 10.0. The second-order valence-corrected chi connectivity index (χ2v) is 4.52. The SMILES string of the molecule is CCCC(C)C(=O)NCc1ccccc1C#CCO. The zero-order valence-corrected chi connectivity index (χ0v) is 11.6. The van der Waals surface area contributed by atoms with E-state index < -0.39 is 0 Å². The molecule has 0 radical (unpaired) electrons. The zero-order chi connectivity index (χ0) is 14.1. The molecule has 0 saturated heterocycles. The number of aliphatic hydroxyl groups is 1. The minimum absolute atomic E-state index is 0.0423. The lowest BCUT2D eigenvalue weighted by Gasteiger charge is -2.12. The molecule has 2 N–H and O–H groups in total. The molecular formula is C16H21NO2. The van der Waals surface area contributed by atoms with E-state index >= 15 is 0 Å². The molecule has 0 heterocycles. The van der Waals surface area contributed by atoms with Crippen LogP contribution in [0.1, 0.15) is 37.8 Å². The van der Waals surface area contributed by atoms with Gasteiger partial charge in [0.05, 0.1) is 0 Å². The third-order valence-electron chi connectivity index (χ3n) is 2.94. The second-order valence-electron chi connectivity index (χ2n) is 4.52. The van der Waals surface area contributed by atoms with Crippen molar-refractivity contribution in [3.05, 3.63) is 35.4 Å². The first-order valence-electron chi connectivity index (χ1n) is 6.64. The van der Waals surface area contributed by atoms with Gasteiger partial charge in [-0.2, -0.15) is 0 Å². The molecule has 0 aliphatic heterocycles. The summed E-state index contributed by atoms with van der Waals surface area (Å²) in [7, 11) is 0. The van der Waals surface area contributed by atoms with E-state index in [1.807, 2.05) is 31.2 Å². The Kier molecular flexibility index (Phi) is 6.70. The standard InChI is InChI=1S/C16H21NO2/c1-3-7-13(2)16(19)17-12-15-9-5-4-8-14(15)10-6-11-18/h4-5,8-9,13,18H,3,7,11-12H2,1-2H3,(H,17,19). The Balaban J connectivity index is 2.65. The van der Waals surface area contributed by atoms with Gasteiger partial charge in [-0.15, -0.1) is 0 Å². The van der Waals surface area contributed by atoms with Crippen molar-refractivity contribution in [2.75, 3.05) is 6.61 Å². The highest BCUT2D eigenvalue weighted by Crippen LogP contribution is 2.09. The number of amides is 1. The molecule has 0 saturated carbocycles. The maximum atomic E-state index is 11.8. The van der Waals surface area contributed by atoms with Gasteiger partial charge in [0.1, 0.15) is 6.61 Å². The highest BCUT2D eigenvalue weighted by molar-refractivity contribution is 5.78. The number of hydrogen-bond acceptors (Lipinski definition) is 2. The second kappa shape index (κ2) is 8.34. The fourth-order valence-corrected chi connectivity index (χ4v) is 1.85. The Morgan fingerprint density at radius 1 is 1.42 bits per heavy atom. The molecule has 0 aliphatic rings. The van der Waals surface area contributed by atoms with Crippen molar-refractivity contribution in [2.24, 2.45) is 5.92 Å². The predicted octanol–water partition coefficient (Wildman–Crippen LogP) is 2.08. The first kappa shape index (κ1) is 15.3. The maximum Gasteiger partial charge on any atom is 0.223 e. The van der Waals surface area contributed by atoms with Crippen LogP contribution in [0.3, 0.4) is 0 Å². The third-order valence-corrected chi connectivity index (χ3v) is 2.94. The van der Waals surface area contributed by atoms with Crippen molar-refractivity contribution in [1.82, 2.24) is 5.32 Å². The van der Waals surface area contributed by atoms with Gasteiger partial charge in [0.2, 0.25) is 5.91 Å². The number of carbonyl (C=O) groups is 1. The van der Waals surface area contributed by atoms with E-state index in [2.05, 4.69) is 24.1 Å². The van der Waals surface area contributed by atoms with E-state index in [9.17, 15) is 4.79 Å². The van der Waals surface area contributed by atoms with Crippen molar-refractivity contribution in [1.29, 1.82) is 0 Å². The monoisotopic (exact) mass is 259 g/mol. The van der Waals surface area contributed by atoms with Crippen LogP contribution in [0.4, 0.5) is 0 Å². The predicted molar refractivity (Wildman–Crippen MR) is 76.3 cm³/mol. The summed E-state index contributed by atoms with van der Waals surface area (Å²) in [6, 6.07) is 7.64. The molecule has 1 aromatic rings. The van der Waals surface area contributed by atoms with Crippen molar-refractivity contribution in [3.63, 3.8) is 0 Å². The fourth-order valence-electron chi connectivity index (χ4n) is 1.85. The van der Waals surface area contributed by atoms with Gasteiger partial charge in [-0.25, -0.2) is 0 Å². The lowest BCUT2D eigenvalue weighted by molar-refractivity contribution is -0.124. The smallest absolute Gasteiger partial charge is 0.223 e. The number of hydrogen-bond donors (Lipinski definition) is 2. The largest absolute Gasteiger partial charge is 0.384 e. The van der Waals surface area contributed by atoms with Gasteiger partial charge in [-0.3, -0.25) is 4.79 Å². The number of rotatable bonds is 5. The molecule has 1 atom stereocenters. The summed E-state index contributed by atoms with van der Waals surface area (Å²) in [5.41, 5.74) is 1.82. The van der Waals surface area contributed by atoms with Gasteiger partial charge in [-0.05, 0) is 18.1 Å². The highest BCUT2D eigenvalue weighted by Gasteiger charge is 2.11. The lowest BCUT2D eigenvalue weighted by Crippen LogP contribution is -2.28. The van der Waals surface area contributed by atoms with E-state index in [1.54, 1.807) is 0 Å². The number of nitrogens with one attached hydrogen (secondary N) is 1. The van der Waals surface area contributed by atoms with Gasteiger partial charge >= 0.3 is 0 Å². The first-order valence-corrected chi connectivity index (χ1v) is 6.64. The Hall–Kier alpha value is -1.79. The van der Waals surface area contributed by atoms with Crippen LogP contribution in [0.5, 0.6) is 0 Å². The molecule has 1 rings (SSSR count). The number of carbonyl (C=O) groups excluding carboxylic acids is 1. The Bertz CT molecular complexity index is 471. The van der Waals surface area contributed by atoms with Gasteiger partial charge in [0.25, 0.3) is 0 Å². The molecular weight excluding hydrogens is 238 g/mol. The molecule has 102 valence electrons.